The van der Waals surface area contributed by atoms with Gasteiger partial charge < -0.3 is 19.2 Å². The highest BCUT2D eigenvalue weighted by molar-refractivity contribution is 5.83. The number of pyridine rings is 1. The molecule has 1 aliphatic rings. The average Bonchev–Trinajstić information content (AvgIpc) is 3.33. The van der Waals surface area contributed by atoms with Crippen molar-refractivity contribution in [3.8, 4) is 11.5 Å². The van der Waals surface area contributed by atoms with Gasteiger partial charge in [-0.3, -0.25) is 9.69 Å². The van der Waals surface area contributed by atoms with E-state index in [9.17, 15) is 9.18 Å². The van der Waals surface area contributed by atoms with Gasteiger partial charge in [0.1, 0.15) is 11.9 Å². The number of methoxy groups -OCH3 is 2. The Hall–Kier alpha value is -3.83. The van der Waals surface area contributed by atoms with Gasteiger partial charge in [-0.05, 0) is 40.3 Å². The van der Waals surface area contributed by atoms with Crippen LogP contribution in [0.4, 0.5) is 4.39 Å². The van der Waals surface area contributed by atoms with Crippen molar-refractivity contribution < 1.29 is 18.6 Å². The highest BCUT2D eigenvalue weighted by Gasteiger charge is 2.31. The Morgan fingerprint density at radius 1 is 1.09 bits per heavy atom. The number of aromatic nitrogens is 5. The summed E-state index contributed by atoms with van der Waals surface area (Å²) < 4.78 is 31.4. The zero-order valence-electron chi connectivity index (χ0n) is 19.4. The van der Waals surface area contributed by atoms with Gasteiger partial charge in [-0.2, -0.15) is 0 Å². The van der Waals surface area contributed by atoms with E-state index in [-0.39, 0.29) is 11.4 Å². The van der Waals surface area contributed by atoms with Gasteiger partial charge in [-0.25, -0.2) is 9.07 Å². The lowest BCUT2D eigenvalue weighted by Gasteiger charge is -2.33. The normalized spacial score (nSPS) is 15.3. The van der Waals surface area contributed by atoms with E-state index in [1.54, 1.807) is 37.1 Å². The summed E-state index contributed by atoms with van der Waals surface area (Å²) in [6.07, 6.45) is 0. The Bertz CT molecular complexity index is 1380. The first kappa shape index (κ1) is 22.9. The molecule has 0 unspecified atom stereocenters. The highest BCUT2D eigenvalue weighted by atomic mass is 19.1. The number of halogens is 1. The van der Waals surface area contributed by atoms with Gasteiger partial charge in [0.15, 0.2) is 17.3 Å². The third kappa shape index (κ3) is 4.60. The topological polar surface area (TPSA) is 107 Å². The summed E-state index contributed by atoms with van der Waals surface area (Å²) in [4.78, 5) is 18.5. The van der Waals surface area contributed by atoms with Gasteiger partial charge >= 0.3 is 0 Å². The average molecular weight is 481 g/mol. The maximum Gasteiger partial charge on any atom is 0.253 e. The Kier molecular flexibility index (Phi) is 6.43. The molecular formula is C24H25FN6O4. The van der Waals surface area contributed by atoms with E-state index >= 15 is 0 Å². The molecule has 1 atom stereocenters. The molecule has 3 heterocycles. The number of nitrogens with one attached hydrogen (secondary N) is 1. The van der Waals surface area contributed by atoms with E-state index in [1.807, 2.05) is 12.1 Å². The summed E-state index contributed by atoms with van der Waals surface area (Å²) in [6, 6.07) is 11.1. The van der Waals surface area contributed by atoms with Crippen molar-refractivity contribution in [3.05, 3.63) is 75.6 Å². The molecule has 10 nitrogen and oxygen atoms in total. The molecule has 0 amide bonds. The second kappa shape index (κ2) is 9.80. The number of tetrazole rings is 1. The van der Waals surface area contributed by atoms with Crippen molar-refractivity contribution in [2.24, 2.45) is 0 Å². The van der Waals surface area contributed by atoms with Crippen LogP contribution in [0.5, 0.6) is 11.5 Å². The molecule has 1 saturated heterocycles. The molecule has 182 valence electrons. The van der Waals surface area contributed by atoms with Crippen molar-refractivity contribution in [1.29, 1.82) is 0 Å². The van der Waals surface area contributed by atoms with E-state index in [1.165, 1.54) is 12.1 Å². The van der Waals surface area contributed by atoms with E-state index < -0.39 is 6.04 Å². The lowest BCUT2D eigenvalue weighted by Crippen LogP contribution is -2.42. The van der Waals surface area contributed by atoms with Gasteiger partial charge in [0.2, 0.25) is 0 Å². The number of morpholine rings is 1. The van der Waals surface area contributed by atoms with Crippen molar-refractivity contribution in [2.75, 3.05) is 40.5 Å². The maximum atomic E-state index is 13.4. The minimum Gasteiger partial charge on any atom is -0.493 e. The van der Waals surface area contributed by atoms with Gasteiger partial charge in [0.05, 0.1) is 39.5 Å². The second-order valence-corrected chi connectivity index (χ2v) is 8.22. The summed E-state index contributed by atoms with van der Waals surface area (Å²) in [5, 5.41) is 13.2. The zero-order valence-corrected chi connectivity index (χ0v) is 19.4. The smallest absolute Gasteiger partial charge is 0.253 e. The number of nitrogens with zero attached hydrogens (tertiary/aromatic N) is 5. The van der Waals surface area contributed by atoms with Gasteiger partial charge in [0.25, 0.3) is 5.56 Å². The largest absolute Gasteiger partial charge is 0.493 e. The Balaban J connectivity index is 1.62. The van der Waals surface area contributed by atoms with Crippen LogP contribution in [0.3, 0.4) is 0 Å². The molecule has 0 aliphatic carbocycles. The summed E-state index contributed by atoms with van der Waals surface area (Å²) >= 11 is 0. The molecule has 4 aromatic rings. The molecule has 2 aromatic heterocycles. The number of hydrogen-bond acceptors (Lipinski definition) is 8. The number of aromatic amines is 1. The highest BCUT2D eigenvalue weighted by Crippen LogP contribution is 2.33. The number of hydrogen-bond donors (Lipinski definition) is 1. The molecule has 1 N–H and O–H groups in total. The first-order valence-electron chi connectivity index (χ1n) is 11.2. The Labute approximate surface area is 200 Å². The number of fused-ring (bicyclic) bond motifs is 1. The van der Waals surface area contributed by atoms with Crippen LogP contribution in [0.1, 0.15) is 23.0 Å². The standard InChI is InChI=1S/C24H25FN6O4/c1-33-20-12-16-11-18(24(32)26-19(16)13-21(20)34-2)22(30-7-9-35-10-8-30)23-27-28-29-31(23)14-15-3-5-17(25)6-4-15/h3-6,11-13,22H,7-10,14H2,1-2H3,(H,26,32)/t22-/m1/s1. The van der Waals surface area contributed by atoms with Crippen LogP contribution in [0.2, 0.25) is 0 Å². The third-order valence-electron chi connectivity index (χ3n) is 6.13. The minimum atomic E-state index is -0.518. The molecule has 0 spiro atoms. The monoisotopic (exact) mass is 480 g/mol. The zero-order chi connectivity index (χ0) is 24.4. The molecule has 35 heavy (non-hydrogen) atoms. The van der Waals surface area contributed by atoms with Gasteiger partial charge in [0, 0.05) is 30.1 Å². The number of benzene rings is 2. The summed E-state index contributed by atoms with van der Waals surface area (Å²) in [5.41, 5.74) is 1.72. The molecule has 11 heteroatoms. The summed E-state index contributed by atoms with van der Waals surface area (Å²) in [7, 11) is 3.11. The van der Waals surface area contributed by atoms with Crippen molar-refractivity contribution in [3.63, 3.8) is 0 Å². The molecule has 1 fully saturated rings. The van der Waals surface area contributed by atoms with E-state index in [2.05, 4.69) is 25.4 Å². The van der Waals surface area contributed by atoms with Crippen LogP contribution in [0.15, 0.2) is 47.3 Å². The van der Waals surface area contributed by atoms with Crippen molar-refractivity contribution >= 4 is 10.9 Å². The third-order valence-corrected chi connectivity index (χ3v) is 6.13. The predicted molar refractivity (Wildman–Crippen MR) is 125 cm³/mol. The lowest BCUT2D eigenvalue weighted by atomic mass is 10.0. The van der Waals surface area contributed by atoms with Gasteiger partial charge in [-0.15, -0.1) is 5.10 Å². The van der Waals surface area contributed by atoms with E-state index in [0.717, 1.165) is 10.9 Å². The Morgan fingerprint density at radius 3 is 2.51 bits per heavy atom. The molecule has 5 rings (SSSR count). The number of ether oxygens (including phenoxy) is 3. The van der Waals surface area contributed by atoms with Crippen LogP contribution in [0.25, 0.3) is 10.9 Å². The molecule has 0 saturated carbocycles. The molecular weight excluding hydrogens is 455 g/mol. The maximum absolute atomic E-state index is 13.4. The quantitative estimate of drug-likeness (QED) is 0.429. The minimum absolute atomic E-state index is 0.252. The van der Waals surface area contributed by atoms with E-state index in [0.29, 0.717) is 61.3 Å². The van der Waals surface area contributed by atoms with Crippen molar-refractivity contribution in [1.82, 2.24) is 30.1 Å². The Morgan fingerprint density at radius 2 is 1.80 bits per heavy atom. The fraction of sp³-hybridized carbons (Fsp3) is 0.333. The predicted octanol–water partition coefficient (Wildman–Crippen LogP) is 2.14. The fourth-order valence-electron chi connectivity index (χ4n) is 4.37. The fourth-order valence-corrected chi connectivity index (χ4v) is 4.37. The SMILES string of the molecule is COc1cc2cc([C@H](c3nnnn3Cc3ccc(F)cc3)N3CCOCC3)c(=O)[nH]c2cc1OC. The van der Waals surface area contributed by atoms with Crippen LogP contribution < -0.4 is 15.0 Å². The lowest BCUT2D eigenvalue weighted by molar-refractivity contribution is 0.0214. The summed E-state index contributed by atoms with van der Waals surface area (Å²) in [5.74, 6) is 1.28. The van der Waals surface area contributed by atoms with Crippen LogP contribution in [-0.4, -0.2) is 70.6 Å². The molecule has 0 bridgehead atoms. The van der Waals surface area contributed by atoms with Crippen LogP contribution in [0, 0.1) is 5.82 Å². The van der Waals surface area contributed by atoms with Crippen molar-refractivity contribution in [2.45, 2.75) is 12.6 Å². The molecule has 0 radical (unpaired) electrons. The number of rotatable bonds is 7. The van der Waals surface area contributed by atoms with Crippen LogP contribution >= 0.6 is 0 Å². The first-order chi connectivity index (χ1) is 17.1. The van der Waals surface area contributed by atoms with Gasteiger partial charge in [-0.1, -0.05) is 12.1 Å². The molecule has 1 aliphatic heterocycles. The van der Waals surface area contributed by atoms with Crippen LogP contribution in [-0.2, 0) is 11.3 Å². The second-order valence-electron chi connectivity index (χ2n) is 8.22. The summed E-state index contributed by atoms with van der Waals surface area (Å²) in [6.45, 7) is 2.62. The first-order valence-corrected chi connectivity index (χ1v) is 11.2. The van der Waals surface area contributed by atoms with E-state index in [4.69, 9.17) is 14.2 Å². The number of H-pyrrole nitrogens is 1. The molecule has 2 aromatic carbocycles.